The minimum absolute atomic E-state index is 0.00256. The first-order valence-corrected chi connectivity index (χ1v) is 8.28. The van der Waals surface area contributed by atoms with Crippen LogP contribution in [0.3, 0.4) is 0 Å². The van der Waals surface area contributed by atoms with E-state index in [4.69, 9.17) is 15.7 Å². The highest BCUT2D eigenvalue weighted by Crippen LogP contribution is 2.13. The predicted molar refractivity (Wildman–Crippen MR) is 100 cm³/mol. The number of aliphatic imine (C=N–C) groups is 1. The summed E-state index contributed by atoms with van der Waals surface area (Å²) >= 11 is 0. The van der Waals surface area contributed by atoms with Crippen LogP contribution in [0.1, 0.15) is 27.3 Å². The maximum atomic E-state index is 13.8. The van der Waals surface area contributed by atoms with Crippen molar-refractivity contribution in [2.45, 2.75) is 20.0 Å². The molecule has 2 aromatic heterocycles. The van der Waals surface area contributed by atoms with Crippen molar-refractivity contribution in [2.24, 2.45) is 10.7 Å². The highest BCUT2D eigenvalue weighted by Gasteiger charge is 2.14. The molecule has 0 unspecified atom stereocenters. The lowest BCUT2D eigenvalue weighted by molar-refractivity contribution is 0.00818. The molecule has 0 saturated heterocycles. The summed E-state index contributed by atoms with van der Waals surface area (Å²) in [5.41, 5.74) is 6.59. The second kappa shape index (κ2) is 11.9. The molecular weight excluding hydrogens is 408 g/mol. The number of ether oxygens (including phenoxy) is 1. The van der Waals surface area contributed by atoms with Crippen LogP contribution in [-0.4, -0.2) is 42.2 Å². The van der Waals surface area contributed by atoms with Gasteiger partial charge in [0.25, 0.3) is 11.9 Å². The molecule has 12 heteroatoms. The average Bonchev–Trinajstić information content (AvgIpc) is 2.69. The zero-order chi connectivity index (χ0) is 22.7. The quantitative estimate of drug-likeness (QED) is 0.430. The molecule has 2 heterocycles. The molecule has 0 spiro atoms. The molecule has 3 N–H and O–H groups in total. The Balaban J connectivity index is 0.00000103. The Morgan fingerprint density at radius 1 is 1.40 bits per heavy atom. The number of nitrogens with zero attached hydrogens (tertiary/aromatic N) is 4. The van der Waals surface area contributed by atoms with Crippen molar-refractivity contribution < 1.29 is 27.1 Å². The summed E-state index contributed by atoms with van der Waals surface area (Å²) in [5, 5.41) is 11.4. The topological polar surface area (TPSA) is 126 Å². The van der Waals surface area contributed by atoms with E-state index in [0.717, 1.165) is 0 Å². The number of rotatable bonds is 5. The van der Waals surface area contributed by atoms with Gasteiger partial charge in [0.2, 0.25) is 0 Å². The summed E-state index contributed by atoms with van der Waals surface area (Å²) in [6, 6.07) is 6.06. The maximum Gasteiger partial charge on any atom is 0.379 e. The molecule has 0 aliphatic rings. The zero-order valence-corrected chi connectivity index (χ0v) is 16.0. The van der Waals surface area contributed by atoms with E-state index in [9.17, 15) is 22.4 Å². The van der Waals surface area contributed by atoms with E-state index < -0.39 is 18.4 Å². The van der Waals surface area contributed by atoms with E-state index in [1.807, 2.05) is 6.07 Å². The molecule has 0 aliphatic carbocycles. The first-order chi connectivity index (χ1) is 14.2. The number of halogens is 4. The van der Waals surface area contributed by atoms with Gasteiger partial charge in [0.15, 0.2) is 0 Å². The molecule has 2 aromatic rings. The van der Waals surface area contributed by atoms with Gasteiger partial charge in [-0.3, -0.25) is 4.79 Å². The number of aromatic nitrogens is 2. The number of amides is 1. The molecule has 8 nitrogen and oxygen atoms in total. The number of pyridine rings is 2. The lowest BCUT2D eigenvalue weighted by atomic mass is 10.1. The van der Waals surface area contributed by atoms with E-state index in [1.54, 1.807) is 13.0 Å². The van der Waals surface area contributed by atoms with Crippen molar-refractivity contribution >= 4 is 17.7 Å². The fourth-order valence-electron chi connectivity index (χ4n) is 2.10. The summed E-state index contributed by atoms with van der Waals surface area (Å²) in [6.45, 7) is -1.90. The minimum atomic E-state index is -3.67. The first kappa shape index (κ1) is 24.3. The molecule has 30 heavy (non-hydrogen) atoms. The van der Waals surface area contributed by atoms with E-state index >= 15 is 0 Å². The third kappa shape index (κ3) is 8.09. The van der Waals surface area contributed by atoms with Crippen molar-refractivity contribution in [3.8, 4) is 6.07 Å². The number of alkyl halides is 3. The van der Waals surface area contributed by atoms with Crippen LogP contribution in [0.2, 0.25) is 0 Å². The summed E-state index contributed by atoms with van der Waals surface area (Å²) in [6.07, 6.45) is 1.46. The van der Waals surface area contributed by atoms with Crippen LogP contribution in [0, 0.1) is 24.1 Å². The van der Waals surface area contributed by atoms with Gasteiger partial charge in [-0.2, -0.15) is 18.4 Å². The van der Waals surface area contributed by atoms with Gasteiger partial charge in [-0.25, -0.2) is 19.4 Å². The number of anilines is 1. The van der Waals surface area contributed by atoms with Gasteiger partial charge in [0, 0.05) is 19.7 Å². The van der Waals surface area contributed by atoms with Crippen LogP contribution in [0.15, 0.2) is 29.4 Å². The van der Waals surface area contributed by atoms with Crippen molar-refractivity contribution in [2.75, 3.05) is 19.0 Å². The Bertz CT molecular complexity index is 944. The number of aryl methyl sites for hydroxylation is 1. The number of nitrogens with two attached hydrogens (primary N) is 1. The van der Waals surface area contributed by atoms with Gasteiger partial charge in [0.05, 0.1) is 17.9 Å². The molecule has 0 fully saturated rings. The SMILES string of the molecule is CN=C(N)OCCc1nc(NC(=O)c2ncc(C#N)cc2C)ccc1F.FC(F)F. The van der Waals surface area contributed by atoms with E-state index in [0.29, 0.717) is 11.1 Å². The zero-order valence-electron chi connectivity index (χ0n) is 16.0. The summed E-state index contributed by atoms with van der Waals surface area (Å²) in [4.78, 5) is 24.0. The normalized spacial score (nSPS) is 10.7. The lowest BCUT2D eigenvalue weighted by Gasteiger charge is -2.09. The summed E-state index contributed by atoms with van der Waals surface area (Å²) in [5.74, 6) is -0.851. The second-order valence-corrected chi connectivity index (χ2v) is 5.49. The number of hydrogen-bond acceptors (Lipinski definition) is 6. The highest BCUT2D eigenvalue weighted by atomic mass is 19.4. The van der Waals surface area contributed by atoms with Gasteiger partial charge in [0.1, 0.15) is 23.4 Å². The van der Waals surface area contributed by atoms with Crippen LogP contribution >= 0.6 is 0 Å². The van der Waals surface area contributed by atoms with Crippen LogP contribution in [0.25, 0.3) is 0 Å². The smallest absolute Gasteiger partial charge is 0.379 e. The standard InChI is InChI=1S/C17H17FN6O2.CHF3/c1-10-7-11(8-19)9-22-15(10)16(25)24-14-4-3-12(18)13(23-14)5-6-26-17(20)21-2;2-1(3)4/h3-4,7,9H,5-6H2,1-2H3,(H2,20,21)(H,23,24,25);1H. The van der Waals surface area contributed by atoms with Crippen LogP contribution in [0.4, 0.5) is 23.4 Å². The molecule has 2 rings (SSSR count). The van der Waals surface area contributed by atoms with Crippen molar-refractivity contribution in [3.05, 3.63) is 52.7 Å². The second-order valence-electron chi connectivity index (χ2n) is 5.49. The molecule has 0 bridgehead atoms. The van der Waals surface area contributed by atoms with Crippen LogP contribution < -0.4 is 11.1 Å². The minimum Gasteiger partial charge on any atom is -0.465 e. The number of amidine groups is 1. The molecule has 1 amide bonds. The lowest BCUT2D eigenvalue weighted by Crippen LogP contribution is -2.19. The van der Waals surface area contributed by atoms with Crippen LogP contribution in [0.5, 0.6) is 0 Å². The number of nitrogens with one attached hydrogen (secondary N) is 1. The highest BCUT2D eigenvalue weighted by molar-refractivity contribution is 6.03. The van der Waals surface area contributed by atoms with Crippen molar-refractivity contribution in [1.29, 1.82) is 5.26 Å². The average molecular weight is 426 g/mol. The van der Waals surface area contributed by atoms with Crippen LogP contribution in [-0.2, 0) is 11.2 Å². The molecule has 0 radical (unpaired) electrons. The summed E-state index contributed by atoms with van der Waals surface area (Å²) < 4.78 is 47.9. The van der Waals surface area contributed by atoms with E-state index in [-0.39, 0.29) is 36.3 Å². The van der Waals surface area contributed by atoms with Gasteiger partial charge >= 0.3 is 6.68 Å². The summed E-state index contributed by atoms with van der Waals surface area (Å²) in [7, 11) is 1.48. The number of carbonyl (C=O) groups is 1. The van der Waals surface area contributed by atoms with Crippen molar-refractivity contribution in [1.82, 2.24) is 9.97 Å². The van der Waals surface area contributed by atoms with E-state index in [2.05, 4.69) is 20.3 Å². The molecule has 0 saturated carbocycles. The van der Waals surface area contributed by atoms with Gasteiger partial charge in [-0.15, -0.1) is 0 Å². The Morgan fingerprint density at radius 3 is 2.63 bits per heavy atom. The Labute approximate surface area is 169 Å². The molecule has 0 atom stereocenters. The molecule has 0 aliphatic heterocycles. The van der Waals surface area contributed by atoms with E-state index in [1.165, 1.54) is 25.4 Å². The fourth-order valence-corrected chi connectivity index (χ4v) is 2.10. The first-order valence-electron chi connectivity index (χ1n) is 8.28. The maximum absolute atomic E-state index is 13.8. The predicted octanol–water partition coefficient (Wildman–Crippen LogP) is 2.73. The van der Waals surface area contributed by atoms with Gasteiger partial charge < -0.3 is 15.8 Å². The number of hydrogen-bond donors (Lipinski definition) is 2. The third-order valence-electron chi connectivity index (χ3n) is 3.39. The number of nitriles is 1. The molecule has 160 valence electrons. The fraction of sp³-hybridized carbons (Fsp3) is 0.278. The Morgan fingerprint density at radius 2 is 2.07 bits per heavy atom. The monoisotopic (exact) mass is 426 g/mol. The van der Waals surface area contributed by atoms with Gasteiger partial charge in [-0.05, 0) is 30.7 Å². The Hall–Kier alpha value is -3.75. The Kier molecular flexibility index (Phi) is 9.67. The molecule has 0 aromatic carbocycles. The van der Waals surface area contributed by atoms with Crippen molar-refractivity contribution in [3.63, 3.8) is 0 Å². The number of carbonyl (C=O) groups excluding carboxylic acids is 1. The molecular formula is C18H18F4N6O2. The third-order valence-corrected chi connectivity index (χ3v) is 3.39. The largest absolute Gasteiger partial charge is 0.465 e. The van der Waals surface area contributed by atoms with Gasteiger partial charge in [-0.1, -0.05) is 0 Å².